The summed E-state index contributed by atoms with van der Waals surface area (Å²) < 4.78 is 0. The lowest BCUT2D eigenvalue weighted by molar-refractivity contribution is -0.129. The highest BCUT2D eigenvalue weighted by Crippen LogP contribution is 2.33. The third kappa shape index (κ3) is 5.67. The maximum Gasteiger partial charge on any atom is 0.244 e. The Bertz CT molecular complexity index is 420. The highest BCUT2D eigenvalue weighted by Gasteiger charge is 2.34. The van der Waals surface area contributed by atoms with Gasteiger partial charge in [0, 0.05) is 6.04 Å². The van der Waals surface area contributed by atoms with E-state index in [-0.39, 0.29) is 23.8 Å². The van der Waals surface area contributed by atoms with Crippen molar-refractivity contribution < 1.29 is 9.59 Å². The smallest absolute Gasteiger partial charge is 0.244 e. The van der Waals surface area contributed by atoms with E-state index in [1.807, 2.05) is 13.8 Å². The molecule has 1 fully saturated rings. The number of carbonyl (C=O) groups is 2. The second kappa shape index (κ2) is 9.09. The molecule has 0 bridgehead atoms. The van der Waals surface area contributed by atoms with Crippen molar-refractivity contribution in [1.29, 1.82) is 0 Å². The molecule has 0 radical (unpaired) electrons. The summed E-state index contributed by atoms with van der Waals surface area (Å²) in [6.45, 7) is 14.2. The molecule has 0 saturated heterocycles. The lowest BCUT2D eigenvalue weighted by atomic mass is 9.74. The topological polar surface area (TPSA) is 58.2 Å². The average Bonchev–Trinajstić information content (AvgIpc) is 2.51. The summed E-state index contributed by atoms with van der Waals surface area (Å²) in [4.78, 5) is 24.4. The molecule has 5 atom stereocenters. The molecule has 132 valence electrons. The predicted octanol–water partition coefficient (Wildman–Crippen LogP) is 3.28. The van der Waals surface area contributed by atoms with Crippen LogP contribution in [-0.2, 0) is 9.59 Å². The van der Waals surface area contributed by atoms with Crippen molar-refractivity contribution in [2.45, 2.75) is 72.4 Å². The second-order valence-electron chi connectivity index (χ2n) is 7.52. The molecule has 2 amide bonds. The number of carbonyl (C=O) groups excluding carboxylic acids is 2. The van der Waals surface area contributed by atoms with Crippen LogP contribution in [0.15, 0.2) is 12.7 Å². The average molecular weight is 322 g/mol. The van der Waals surface area contributed by atoms with Crippen LogP contribution >= 0.6 is 0 Å². The van der Waals surface area contributed by atoms with Gasteiger partial charge in [-0.2, -0.15) is 0 Å². The summed E-state index contributed by atoms with van der Waals surface area (Å²) >= 11 is 0. The van der Waals surface area contributed by atoms with E-state index in [0.29, 0.717) is 17.8 Å². The van der Waals surface area contributed by atoms with Crippen molar-refractivity contribution in [3.05, 3.63) is 12.7 Å². The van der Waals surface area contributed by atoms with Crippen molar-refractivity contribution in [2.24, 2.45) is 23.7 Å². The minimum atomic E-state index is -0.490. The van der Waals surface area contributed by atoms with Crippen LogP contribution in [0, 0.1) is 23.7 Å². The molecule has 4 heteroatoms. The summed E-state index contributed by atoms with van der Waals surface area (Å²) in [5.41, 5.74) is 0. The molecule has 0 aliphatic heterocycles. The third-order valence-electron chi connectivity index (χ3n) is 5.33. The molecule has 1 aliphatic rings. The maximum atomic E-state index is 12.8. The van der Waals surface area contributed by atoms with E-state index in [1.165, 1.54) is 12.5 Å². The van der Waals surface area contributed by atoms with Gasteiger partial charge in [-0.25, -0.2) is 0 Å². The molecule has 1 saturated carbocycles. The van der Waals surface area contributed by atoms with Crippen LogP contribution in [0.3, 0.4) is 0 Å². The Kier molecular flexibility index (Phi) is 7.80. The molecule has 1 aliphatic carbocycles. The van der Waals surface area contributed by atoms with Gasteiger partial charge in [0.05, 0.1) is 0 Å². The van der Waals surface area contributed by atoms with Crippen molar-refractivity contribution in [3.63, 3.8) is 0 Å². The van der Waals surface area contributed by atoms with Gasteiger partial charge in [-0.15, -0.1) is 0 Å². The molecule has 0 spiro atoms. The van der Waals surface area contributed by atoms with Gasteiger partial charge in [0.15, 0.2) is 0 Å². The van der Waals surface area contributed by atoms with Gasteiger partial charge in [0.1, 0.15) is 6.04 Å². The standard InChI is InChI=1S/C19H34N2O2/c1-7-14(6)18(21-17(22)8-2)19(23)20-16-11-13(5)9-10-15(16)12(3)4/h8,12-16,18H,2,7,9-11H2,1,3-6H3,(H,20,23)(H,21,22)/t13?,14-,15?,16?,18-/m0/s1. The van der Waals surface area contributed by atoms with Crippen molar-refractivity contribution in [2.75, 3.05) is 0 Å². The van der Waals surface area contributed by atoms with Crippen LogP contribution in [0.5, 0.6) is 0 Å². The predicted molar refractivity (Wildman–Crippen MR) is 94.9 cm³/mol. The zero-order valence-corrected chi connectivity index (χ0v) is 15.4. The first-order valence-electron chi connectivity index (χ1n) is 9.03. The van der Waals surface area contributed by atoms with Crippen LogP contribution in [0.25, 0.3) is 0 Å². The Hall–Kier alpha value is -1.32. The molecule has 0 aromatic carbocycles. The Labute approximate surface area is 141 Å². The van der Waals surface area contributed by atoms with E-state index in [9.17, 15) is 9.59 Å². The summed E-state index contributed by atoms with van der Waals surface area (Å²) in [6.07, 6.45) is 5.48. The van der Waals surface area contributed by atoms with Crippen molar-refractivity contribution in [3.8, 4) is 0 Å². The van der Waals surface area contributed by atoms with Gasteiger partial charge in [0.25, 0.3) is 0 Å². The van der Waals surface area contributed by atoms with E-state index in [1.54, 1.807) is 0 Å². The zero-order valence-electron chi connectivity index (χ0n) is 15.4. The van der Waals surface area contributed by atoms with Gasteiger partial charge in [-0.3, -0.25) is 9.59 Å². The van der Waals surface area contributed by atoms with Gasteiger partial charge in [-0.1, -0.05) is 54.0 Å². The zero-order chi connectivity index (χ0) is 17.6. The van der Waals surface area contributed by atoms with Crippen molar-refractivity contribution in [1.82, 2.24) is 10.6 Å². The summed E-state index contributed by atoms with van der Waals surface area (Å²) in [6, 6.07) is -0.283. The third-order valence-corrected chi connectivity index (χ3v) is 5.33. The number of amides is 2. The van der Waals surface area contributed by atoms with Gasteiger partial charge in [0.2, 0.25) is 11.8 Å². The van der Waals surface area contributed by atoms with Gasteiger partial charge < -0.3 is 10.6 Å². The molecule has 2 N–H and O–H groups in total. The van der Waals surface area contributed by atoms with Crippen molar-refractivity contribution >= 4 is 11.8 Å². The maximum absolute atomic E-state index is 12.8. The molecular formula is C19H34N2O2. The SMILES string of the molecule is C=CC(=O)N[C@H](C(=O)NC1CC(C)CCC1C(C)C)[C@@H](C)CC. The largest absolute Gasteiger partial charge is 0.351 e. The first-order valence-corrected chi connectivity index (χ1v) is 9.03. The normalized spacial score (nSPS) is 27.1. The molecular weight excluding hydrogens is 288 g/mol. The fraction of sp³-hybridized carbons (Fsp3) is 0.789. The number of nitrogens with one attached hydrogen (secondary N) is 2. The summed E-state index contributed by atoms with van der Waals surface area (Å²) in [5, 5.41) is 6.03. The first-order chi connectivity index (χ1) is 10.8. The molecule has 0 heterocycles. The molecule has 0 aromatic rings. The van der Waals surface area contributed by atoms with E-state index >= 15 is 0 Å². The Morgan fingerprint density at radius 3 is 2.43 bits per heavy atom. The monoisotopic (exact) mass is 322 g/mol. The van der Waals surface area contributed by atoms with Crippen LogP contribution < -0.4 is 10.6 Å². The van der Waals surface area contributed by atoms with E-state index < -0.39 is 6.04 Å². The van der Waals surface area contributed by atoms with Crippen LogP contribution in [0.1, 0.15) is 60.3 Å². The Morgan fingerprint density at radius 2 is 1.91 bits per heavy atom. The second-order valence-corrected chi connectivity index (χ2v) is 7.52. The molecule has 23 heavy (non-hydrogen) atoms. The molecule has 4 nitrogen and oxygen atoms in total. The minimum Gasteiger partial charge on any atom is -0.351 e. The van der Waals surface area contributed by atoms with Gasteiger partial charge in [-0.05, 0) is 42.6 Å². The summed E-state index contributed by atoms with van der Waals surface area (Å²) in [5.74, 6) is 1.46. The molecule has 3 unspecified atom stereocenters. The molecule has 0 aromatic heterocycles. The molecule has 1 rings (SSSR count). The highest BCUT2D eigenvalue weighted by molar-refractivity contribution is 5.92. The van der Waals surface area contributed by atoms with Crippen LogP contribution in [0.2, 0.25) is 0 Å². The minimum absolute atomic E-state index is 0.0562. The first kappa shape index (κ1) is 19.7. The lowest BCUT2D eigenvalue weighted by Crippen LogP contribution is -2.55. The summed E-state index contributed by atoms with van der Waals surface area (Å²) in [7, 11) is 0. The van der Waals surface area contributed by atoms with Crippen LogP contribution in [-0.4, -0.2) is 23.9 Å². The fourth-order valence-corrected chi connectivity index (χ4v) is 3.55. The van der Waals surface area contributed by atoms with Crippen LogP contribution in [0.4, 0.5) is 0 Å². The van der Waals surface area contributed by atoms with Gasteiger partial charge >= 0.3 is 0 Å². The van der Waals surface area contributed by atoms with E-state index in [2.05, 4.69) is 38.0 Å². The lowest BCUT2D eigenvalue weighted by Gasteiger charge is -2.38. The number of hydrogen-bond acceptors (Lipinski definition) is 2. The van der Waals surface area contributed by atoms with E-state index in [0.717, 1.165) is 19.3 Å². The van der Waals surface area contributed by atoms with E-state index in [4.69, 9.17) is 0 Å². The highest BCUT2D eigenvalue weighted by atomic mass is 16.2. The fourth-order valence-electron chi connectivity index (χ4n) is 3.55. The number of hydrogen-bond donors (Lipinski definition) is 2. The quantitative estimate of drug-likeness (QED) is 0.707. The Balaban J connectivity index is 2.81. The number of rotatable bonds is 7. The Morgan fingerprint density at radius 1 is 1.26 bits per heavy atom.